The number of hydrogen-bond acceptors (Lipinski definition) is 3. The first-order valence-corrected chi connectivity index (χ1v) is 8.41. The first-order chi connectivity index (χ1) is 12.1. The highest BCUT2D eigenvalue weighted by Gasteiger charge is 2.16. The van der Waals surface area contributed by atoms with Gasteiger partial charge in [-0.1, -0.05) is 54.6 Å². The van der Waals surface area contributed by atoms with E-state index in [0.29, 0.717) is 6.54 Å². The molecule has 0 aliphatic heterocycles. The van der Waals surface area contributed by atoms with Gasteiger partial charge in [-0.3, -0.25) is 9.59 Å². The van der Waals surface area contributed by atoms with Crippen LogP contribution in [0.25, 0.3) is 0 Å². The number of aliphatic hydroxyl groups excluding tert-OH is 1. The molecule has 0 radical (unpaired) electrons. The lowest BCUT2D eigenvalue weighted by molar-refractivity contribution is -0.139. The lowest BCUT2D eigenvalue weighted by Gasteiger charge is -2.14. The Morgan fingerprint density at radius 2 is 1.60 bits per heavy atom. The molecule has 0 spiro atoms. The molecular formula is C20H24N2O3. The van der Waals surface area contributed by atoms with Crippen LogP contribution >= 0.6 is 0 Å². The highest BCUT2D eigenvalue weighted by atomic mass is 16.3. The number of amides is 2. The summed E-state index contributed by atoms with van der Waals surface area (Å²) in [5, 5.41) is 15.2. The summed E-state index contributed by atoms with van der Waals surface area (Å²) in [6.45, 7) is 2.32. The van der Waals surface area contributed by atoms with Gasteiger partial charge in [0.05, 0.1) is 6.10 Å². The number of rotatable bonds is 7. The highest BCUT2D eigenvalue weighted by Crippen LogP contribution is 2.16. The minimum absolute atomic E-state index is 0.00111. The van der Waals surface area contributed by atoms with Crippen molar-refractivity contribution in [3.8, 4) is 0 Å². The van der Waals surface area contributed by atoms with E-state index >= 15 is 0 Å². The summed E-state index contributed by atoms with van der Waals surface area (Å²) in [7, 11) is 0. The Hall–Kier alpha value is -2.66. The summed E-state index contributed by atoms with van der Waals surface area (Å²) in [6.07, 6.45) is 0.764. The lowest BCUT2D eigenvalue weighted by Crippen LogP contribution is -2.41. The summed E-state index contributed by atoms with van der Waals surface area (Å²) in [4.78, 5) is 23.6. The topological polar surface area (TPSA) is 78.4 Å². The van der Waals surface area contributed by atoms with Crippen LogP contribution in [-0.2, 0) is 16.0 Å². The van der Waals surface area contributed by atoms with Crippen molar-refractivity contribution >= 4 is 11.8 Å². The van der Waals surface area contributed by atoms with Crippen LogP contribution in [0.15, 0.2) is 54.6 Å². The van der Waals surface area contributed by atoms with Gasteiger partial charge in [0.25, 0.3) is 0 Å². The second kappa shape index (κ2) is 9.59. The van der Waals surface area contributed by atoms with E-state index in [2.05, 4.69) is 10.6 Å². The van der Waals surface area contributed by atoms with Crippen LogP contribution in [0, 0.1) is 6.92 Å². The first kappa shape index (κ1) is 18.7. The van der Waals surface area contributed by atoms with E-state index in [1.54, 1.807) is 6.07 Å². The number of aliphatic hydroxyl groups is 1. The van der Waals surface area contributed by atoms with Crippen molar-refractivity contribution in [2.24, 2.45) is 0 Å². The molecule has 0 bridgehead atoms. The minimum atomic E-state index is -0.837. The second-order valence-corrected chi connectivity index (χ2v) is 5.93. The molecule has 1 atom stereocenters. The molecule has 0 heterocycles. The molecule has 0 aliphatic carbocycles. The number of aryl methyl sites for hydroxylation is 2. The summed E-state index contributed by atoms with van der Waals surface area (Å²) < 4.78 is 0. The van der Waals surface area contributed by atoms with Gasteiger partial charge < -0.3 is 15.7 Å². The zero-order valence-electron chi connectivity index (χ0n) is 14.4. The molecule has 25 heavy (non-hydrogen) atoms. The molecule has 2 rings (SSSR count). The summed E-state index contributed by atoms with van der Waals surface area (Å²) in [5.41, 5.74) is 2.88. The number of nitrogens with one attached hydrogen (secondary N) is 2. The maximum Gasteiger partial charge on any atom is 0.309 e. The predicted molar refractivity (Wildman–Crippen MR) is 96.9 cm³/mol. The van der Waals surface area contributed by atoms with Gasteiger partial charge in [-0.2, -0.15) is 0 Å². The van der Waals surface area contributed by atoms with Crippen molar-refractivity contribution in [1.82, 2.24) is 10.6 Å². The highest BCUT2D eigenvalue weighted by molar-refractivity contribution is 6.35. The molecule has 0 aromatic heterocycles. The van der Waals surface area contributed by atoms with Gasteiger partial charge in [0, 0.05) is 13.1 Å². The normalized spacial score (nSPS) is 11.6. The lowest BCUT2D eigenvalue weighted by atomic mass is 10.0. The first-order valence-electron chi connectivity index (χ1n) is 8.41. The van der Waals surface area contributed by atoms with Gasteiger partial charge in [0.15, 0.2) is 0 Å². The van der Waals surface area contributed by atoms with Crippen LogP contribution < -0.4 is 10.6 Å². The van der Waals surface area contributed by atoms with Gasteiger partial charge in [-0.05, 0) is 36.5 Å². The molecule has 0 saturated carbocycles. The van der Waals surface area contributed by atoms with E-state index in [1.807, 2.05) is 55.5 Å². The zero-order chi connectivity index (χ0) is 18.1. The molecule has 0 fully saturated rings. The van der Waals surface area contributed by atoms with Crippen molar-refractivity contribution in [3.63, 3.8) is 0 Å². The van der Waals surface area contributed by atoms with Crippen LogP contribution in [0.2, 0.25) is 0 Å². The fourth-order valence-corrected chi connectivity index (χ4v) is 2.56. The Bertz CT molecular complexity index is 701. The summed E-state index contributed by atoms with van der Waals surface area (Å²) in [6, 6.07) is 17.4. The van der Waals surface area contributed by atoms with E-state index in [4.69, 9.17) is 0 Å². The number of carbonyl (C=O) groups is 2. The molecule has 0 aliphatic rings. The quantitative estimate of drug-likeness (QED) is 0.532. The molecule has 5 heteroatoms. The molecule has 132 valence electrons. The molecule has 2 amide bonds. The van der Waals surface area contributed by atoms with Crippen molar-refractivity contribution < 1.29 is 14.7 Å². The fraction of sp³-hybridized carbons (Fsp3) is 0.300. The molecular weight excluding hydrogens is 316 g/mol. The van der Waals surface area contributed by atoms with Crippen LogP contribution in [0.3, 0.4) is 0 Å². The van der Waals surface area contributed by atoms with E-state index < -0.39 is 17.9 Å². The van der Waals surface area contributed by atoms with Crippen molar-refractivity contribution in [2.45, 2.75) is 25.9 Å². The third-order valence-electron chi connectivity index (χ3n) is 3.98. The van der Waals surface area contributed by atoms with Crippen molar-refractivity contribution in [2.75, 3.05) is 13.1 Å². The van der Waals surface area contributed by atoms with Crippen LogP contribution in [0.5, 0.6) is 0 Å². The molecule has 5 nitrogen and oxygen atoms in total. The zero-order valence-corrected chi connectivity index (χ0v) is 14.4. The maximum absolute atomic E-state index is 11.8. The fourth-order valence-electron chi connectivity index (χ4n) is 2.56. The number of benzene rings is 2. The van der Waals surface area contributed by atoms with Crippen LogP contribution in [0.4, 0.5) is 0 Å². The van der Waals surface area contributed by atoms with Gasteiger partial charge in [0.1, 0.15) is 0 Å². The average Bonchev–Trinajstić information content (AvgIpc) is 2.64. The Balaban J connectivity index is 1.68. The SMILES string of the molecule is Cc1ccccc1C(O)CNC(=O)C(=O)NCCCc1ccccc1. The number of carbonyl (C=O) groups excluding carboxylic acids is 2. The van der Waals surface area contributed by atoms with Gasteiger partial charge in [-0.15, -0.1) is 0 Å². The molecule has 3 N–H and O–H groups in total. The third kappa shape index (κ3) is 6.04. The third-order valence-corrected chi connectivity index (χ3v) is 3.98. The Labute approximate surface area is 148 Å². The molecule has 1 unspecified atom stereocenters. The Kier molecular flexibility index (Phi) is 7.16. The standard InChI is InChI=1S/C20H24N2O3/c1-15-8-5-6-12-17(15)18(23)14-22-20(25)19(24)21-13-7-11-16-9-3-2-4-10-16/h2-6,8-10,12,18,23H,7,11,13-14H2,1H3,(H,21,24)(H,22,25). The van der Waals surface area contributed by atoms with Gasteiger partial charge in [0.2, 0.25) is 0 Å². The van der Waals surface area contributed by atoms with Gasteiger partial charge >= 0.3 is 11.8 Å². The molecule has 2 aromatic rings. The van der Waals surface area contributed by atoms with Crippen molar-refractivity contribution in [1.29, 1.82) is 0 Å². The second-order valence-electron chi connectivity index (χ2n) is 5.93. The van der Waals surface area contributed by atoms with E-state index in [1.165, 1.54) is 5.56 Å². The smallest absolute Gasteiger partial charge is 0.309 e. The number of hydrogen-bond donors (Lipinski definition) is 3. The Morgan fingerprint density at radius 3 is 2.32 bits per heavy atom. The van der Waals surface area contributed by atoms with E-state index in [9.17, 15) is 14.7 Å². The molecule has 2 aromatic carbocycles. The predicted octanol–water partition coefficient (Wildman–Crippen LogP) is 1.89. The summed E-state index contributed by atoms with van der Waals surface area (Å²) in [5.74, 6) is -1.41. The Morgan fingerprint density at radius 1 is 0.960 bits per heavy atom. The maximum atomic E-state index is 11.8. The van der Waals surface area contributed by atoms with Crippen LogP contribution in [0.1, 0.15) is 29.2 Å². The van der Waals surface area contributed by atoms with E-state index in [-0.39, 0.29) is 6.54 Å². The minimum Gasteiger partial charge on any atom is -0.387 e. The summed E-state index contributed by atoms with van der Waals surface area (Å²) >= 11 is 0. The molecule has 0 saturated heterocycles. The average molecular weight is 340 g/mol. The monoisotopic (exact) mass is 340 g/mol. The van der Waals surface area contributed by atoms with E-state index in [0.717, 1.165) is 24.0 Å². The largest absolute Gasteiger partial charge is 0.387 e. The van der Waals surface area contributed by atoms with Gasteiger partial charge in [-0.25, -0.2) is 0 Å². The van der Waals surface area contributed by atoms with Crippen LogP contribution in [-0.4, -0.2) is 30.0 Å². The van der Waals surface area contributed by atoms with Crippen molar-refractivity contribution in [3.05, 3.63) is 71.3 Å².